The van der Waals surface area contributed by atoms with Crippen molar-refractivity contribution in [3.05, 3.63) is 72.3 Å². The minimum atomic E-state index is -0.256. The summed E-state index contributed by atoms with van der Waals surface area (Å²) in [4.78, 5) is 28.8. The number of nitrogens with zero attached hydrogens (tertiary/aromatic N) is 1. The van der Waals surface area contributed by atoms with Crippen molar-refractivity contribution in [1.82, 2.24) is 0 Å². The molecule has 8 heteroatoms. The number of hydrogen-bond donors (Lipinski definition) is 2. The second kappa shape index (κ2) is 11.2. The molecule has 0 fully saturated rings. The second-order valence-electron chi connectivity index (χ2n) is 8.16. The maximum absolute atomic E-state index is 13.2. The number of methoxy groups -OCH3 is 2. The number of thioether (sulfide) groups is 1. The van der Waals surface area contributed by atoms with Gasteiger partial charge in [0.25, 0.3) is 5.91 Å². The normalized spacial score (nSPS) is 14.9. The lowest BCUT2D eigenvalue weighted by molar-refractivity contribution is -0.117. The van der Waals surface area contributed by atoms with E-state index in [0.29, 0.717) is 40.2 Å². The van der Waals surface area contributed by atoms with Gasteiger partial charge in [0.2, 0.25) is 5.91 Å². The number of para-hydroxylation sites is 1. The molecule has 4 rings (SSSR count). The van der Waals surface area contributed by atoms with Crippen molar-refractivity contribution in [2.24, 2.45) is 0 Å². The predicted octanol–water partition coefficient (Wildman–Crippen LogP) is 5.29. The molecule has 3 aromatic carbocycles. The van der Waals surface area contributed by atoms with E-state index < -0.39 is 0 Å². The Kier molecular flexibility index (Phi) is 7.82. The molecule has 1 aliphatic rings. The van der Waals surface area contributed by atoms with Gasteiger partial charge in [-0.15, -0.1) is 11.8 Å². The van der Waals surface area contributed by atoms with Crippen LogP contribution in [0.4, 0.5) is 17.1 Å². The third kappa shape index (κ3) is 5.71. The van der Waals surface area contributed by atoms with E-state index in [1.54, 1.807) is 55.3 Å². The number of carbonyl (C=O) groups is 2. The van der Waals surface area contributed by atoms with Crippen LogP contribution in [-0.2, 0) is 4.79 Å². The van der Waals surface area contributed by atoms with Crippen LogP contribution in [0.1, 0.15) is 23.7 Å². The van der Waals surface area contributed by atoms with Gasteiger partial charge in [-0.25, -0.2) is 0 Å². The number of anilines is 3. The predicted molar refractivity (Wildman–Crippen MR) is 141 cm³/mol. The first-order chi connectivity index (χ1) is 17.0. The van der Waals surface area contributed by atoms with Crippen LogP contribution in [0.5, 0.6) is 11.5 Å². The number of ether oxygens (including phenoxy) is 2. The third-order valence-corrected chi connectivity index (χ3v) is 7.02. The highest BCUT2D eigenvalue weighted by atomic mass is 32.2. The average Bonchev–Trinajstić information content (AvgIpc) is 3.06. The Morgan fingerprint density at radius 3 is 2.37 bits per heavy atom. The van der Waals surface area contributed by atoms with Gasteiger partial charge in [-0.2, -0.15) is 0 Å². The largest absolute Gasteiger partial charge is 0.495 e. The van der Waals surface area contributed by atoms with Crippen LogP contribution in [-0.4, -0.2) is 44.4 Å². The van der Waals surface area contributed by atoms with Gasteiger partial charge < -0.3 is 25.0 Å². The minimum absolute atomic E-state index is 0.0328. The maximum atomic E-state index is 13.2. The van der Waals surface area contributed by atoms with E-state index in [4.69, 9.17) is 9.47 Å². The summed E-state index contributed by atoms with van der Waals surface area (Å²) in [5, 5.41) is 6.50. The number of nitrogens with one attached hydrogen (secondary N) is 2. The van der Waals surface area contributed by atoms with Crippen molar-refractivity contribution >= 4 is 40.6 Å². The van der Waals surface area contributed by atoms with Crippen LogP contribution in [0, 0.1) is 0 Å². The monoisotopic (exact) mass is 491 g/mol. The topological polar surface area (TPSA) is 79.9 Å². The van der Waals surface area contributed by atoms with Gasteiger partial charge in [-0.3, -0.25) is 9.59 Å². The van der Waals surface area contributed by atoms with Crippen LogP contribution >= 0.6 is 11.8 Å². The van der Waals surface area contributed by atoms with E-state index in [1.807, 2.05) is 29.2 Å². The Hall–Kier alpha value is -3.65. The summed E-state index contributed by atoms with van der Waals surface area (Å²) in [7, 11) is 3.07. The molecule has 2 N–H and O–H groups in total. The zero-order valence-corrected chi connectivity index (χ0v) is 20.9. The quantitative estimate of drug-likeness (QED) is 0.468. The fourth-order valence-electron chi connectivity index (χ4n) is 3.93. The zero-order chi connectivity index (χ0) is 24.8. The van der Waals surface area contributed by atoms with Crippen LogP contribution < -0.4 is 25.0 Å². The van der Waals surface area contributed by atoms with Crippen molar-refractivity contribution in [3.63, 3.8) is 0 Å². The Morgan fingerprint density at radius 1 is 0.971 bits per heavy atom. The molecule has 0 spiro atoms. The van der Waals surface area contributed by atoms with Gasteiger partial charge >= 0.3 is 0 Å². The molecule has 7 nitrogen and oxygen atoms in total. The molecule has 0 aliphatic carbocycles. The summed E-state index contributed by atoms with van der Waals surface area (Å²) in [6, 6.07) is 20.4. The number of benzene rings is 3. The molecule has 35 heavy (non-hydrogen) atoms. The molecule has 0 aromatic heterocycles. The van der Waals surface area contributed by atoms with Gasteiger partial charge in [0.1, 0.15) is 11.5 Å². The Labute approximate surface area is 209 Å². The molecule has 1 atom stereocenters. The van der Waals surface area contributed by atoms with Crippen molar-refractivity contribution in [1.29, 1.82) is 0 Å². The van der Waals surface area contributed by atoms with E-state index in [-0.39, 0.29) is 18.4 Å². The van der Waals surface area contributed by atoms with Gasteiger partial charge in [0, 0.05) is 34.4 Å². The lowest BCUT2D eigenvalue weighted by Crippen LogP contribution is -2.36. The smallest absolute Gasteiger partial charge is 0.255 e. The average molecular weight is 492 g/mol. The summed E-state index contributed by atoms with van der Waals surface area (Å²) in [6.07, 6.45) is 0.915. The Morgan fingerprint density at radius 2 is 1.63 bits per heavy atom. The maximum Gasteiger partial charge on any atom is 0.255 e. The van der Waals surface area contributed by atoms with E-state index in [2.05, 4.69) is 23.6 Å². The van der Waals surface area contributed by atoms with E-state index in [9.17, 15) is 9.59 Å². The lowest BCUT2D eigenvalue weighted by atomic mass is 10.2. The molecular formula is C27H29N3O4S. The van der Waals surface area contributed by atoms with Crippen molar-refractivity contribution in [2.75, 3.05) is 42.8 Å². The molecule has 2 amide bonds. The first-order valence-electron chi connectivity index (χ1n) is 11.4. The lowest BCUT2D eigenvalue weighted by Gasteiger charge is -2.23. The first kappa shape index (κ1) is 24.5. The highest BCUT2D eigenvalue weighted by Gasteiger charge is 2.24. The van der Waals surface area contributed by atoms with Crippen LogP contribution in [0.15, 0.2) is 71.6 Å². The SMILES string of the molecule is COc1cc(NC(=O)c2ccccc2)c(OC)cc1NCC(=O)N1CC[C@@H](C)Sc2ccccc21. The van der Waals surface area contributed by atoms with Crippen LogP contribution in [0.2, 0.25) is 0 Å². The Balaban J connectivity index is 1.51. The number of carbonyl (C=O) groups excluding carboxylic acids is 2. The first-order valence-corrected chi connectivity index (χ1v) is 12.3. The molecule has 1 aliphatic heterocycles. The van der Waals surface area contributed by atoms with E-state index >= 15 is 0 Å². The van der Waals surface area contributed by atoms with Crippen molar-refractivity contribution < 1.29 is 19.1 Å². The summed E-state index contributed by atoms with van der Waals surface area (Å²) in [6.45, 7) is 2.93. The highest BCUT2D eigenvalue weighted by Crippen LogP contribution is 2.38. The van der Waals surface area contributed by atoms with Gasteiger partial charge in [0.15, 0.2) is 0 Å². The highest BCUT2D eigenvalue weighted by molar-refractivity contribution is 8.00. The summed E-state index contributed by atoms with van der Waals surface area (Å²) < 4.78 is 11.1. The molecule has 182 valence electrons. The fraction of sp³-hybridized carbons (Fsp3) is 0.259. The van der Waals surface area contributed by atoms with Gasteiger partial charge in [-0.05, 0) is 30.7 Å². The van der Waals surface area contributed by atoms with E-state index in [0.717, 1.165) is 17.0 Å². The molecule has 1 heterocycles. The van der Waals surface area contributed by atoms with Crippen LogP contribution in [0.25, 0.3) is 0 Å². The summed E-state index contributed by atoms with van der Waals surface area (Å²) in [5.74, 6) is 0.654. The van der Waals surface area contributed by atoms with Crippen molar-refractivity contribution in [3.8, 4) is 11.5 Å². The minimum Gasteiger partial charge on any atom is -0.495 e. The fourth-order valence-corrected chi connectivity index (χ4v) is 5.04. The molecule has 0 bridgehead atoms. The number of rotatable bonds is 7. The Bertz CT molecular complexity index is 1200. The summed E-state index contributed by atoms with van der Waals surface area (Å²) in [5.41, 5.74) is 2.55. The molecule has 3 aromatic rings. The molecule has 0 radical (unpaired) electrons. The van der Waals surface area contributed by atoms with E-state index in [1.165, 1.54) is 7.11 Å². The molecule has 0 saturated carbocycles. The van der Waals surface area contributed by atoms with Gasteiger partial charge in [-0.1, -0.05) is 37.3 Å². The standard InChI is InChI=1S/C27H29N3O4S/c1-18-13-14-30(22-11-7-8-12-25(22)35-18)26(31)17-28-20-15-24(34-3)21(16-23(20)33-2)29-27(32)19-9-5-4-6-10-19/h4-12,15-16,18,28H,13-14,17H2,1-3H3,(H,29,32)/t18-/m1/s1. The number of amides is 2. The van der Waals surface area contributed by atoms with Gasteiger partial charge in [0.05, 0.1) is 37.8 Å². The van der Waals surface area contributed by atoms with Crippen molar-refractivity contribution in [2.45, 2.75) is 23.5 Å². The molecule has 0 unspecified atom stereocenters. The van der Waals surface area contributed by atoms with Crippen LogP contribution in [0.3, 0.4) is 0 Å². The number of hydrogen-bond acceptors (Lipinski definition) is 6. The summed E-state index contributed by atoms with van der Waals surface area (Å²) >= 11 is 1.80. The number of fused-ring (bicyclic) bond motifs is 1. The zero-order valence-electron chi connectivity index (χ0n) is 20.0. The third-order valence-electron chi connectivity index (χ3n) is 5.78. The molecular weight excluding hydrogens is 462 g/mol. The molecule has 0 saturated heterocycles. The second-order valence-corrected chi connectivity index (χ2v) is 9.64.